The quantitative estimate of drug-likeness (QED) is 0.150. The number of aromatic nitrogens is 4. The normalized spacial score (nSPS) is 16.6. The molecular weight excluding hydrogens is 702 g/mol. The summed E-state index contributed by atoms with van der Waals surface area (Å²) in [6, 6.07) is 15.2. The van der Waals surface area contributed by atoms with Gasteiger partial charge in [-0.1, -0.05) is 31.2 Å². The summed E-state index contributed by atoms with van der Waals surface area (Å²) in [7, 11) is 0. The number of pyridine rings is 2. The third-order valence-corrected chi connectivity index (χ3v) is 10.4. The summed E-state index contributed by atoms with van der Waals surface area (Å²) in [4.78, 5) is 92.6. The Bertz CT molecular complexity index is 2440. The fraction of sp³-hybridized carbons (Fsp3) is 0.275. The average molecular weight is 740 g/mol. The van der Waals surface area contributed by atoms with Gasteiger partial charge in [-0.3, -0.25) is 49.0 Å². The van der Waals surface area contributed by atoms with E-state index in [0.717, 1.165) is 50.4 Å². The summed E-state index contributed by atoms with van der Waals surface area (Å²) >= 11 is 0. The van der Waals surface area contributed by atoms with Crippen LogP contribution in [0.5, 0.6) is 0 Å². The van der Waals surface area contributed by atoms with Crippen LogP contribution in [0.3, 0.4) is 0 Å². The number of amides is 6. The van der Waals surface area contributed by atoms with Crippen molar-refractivity contribution in [2.75, 3.05) is 25.0 Å². The van der Waals surface area contributed by atoms with Gasteiger partial charge in [-0.25, -0.2) is 4.98 Å². The summed E-state index contributed by atoms with van der Waals surface area (Å²) in [5.41, 5.74) is 5.19. The molecule has 0 saturated carbocycles. The van der Waals surface area contributed by atoms with Gasteiger partial charge >= 0.3 is 0 Å². The van der Waals surface area contributed by atoms with Crippen molar-refractivity contribution in [2.45, 2.75) is 52.2 Å². The Labute approximate surface area is 315 Å². The fourth-order valence-corrected chi connectivity index (χ4v) is 7.54. The van der Waals surface area contributed by atoms with Crippen LogP contribution in [0, 0.1) is 0 Å². The van der Waals surface area contributed by atoms with Gasteiger partial charge in [-0.2, -0.15) is 0 Å². The maximum atomic E-state index is 13.3. The van der Waals surface area contributed by atoms with Gasteiger partial charge in [0.1, 0.15) is 17.6 Å². The second-order valence-corrected chi connectivity index (χ2v) is 13.7. The first-order valence-corrected chi connectivity index (χ1v) is 18.2. The highest BCUT2D eigenvalue weighted by atomic mass is 16.2. The number of hydrogen-bond acceptors (Lipinski definition) is 10. The molecule has 55 heavy (non-hydrogen) atoms. The minimum absolute atomic E-state index is 0.0342. The lowest BCUT2D eigenvalue weighted by molar-refractivity contribution is -0.136. The van der Waals surface area contributed by atoms with Gasteiger partial charge in [0.25, 0.3) is 17.7 Å². The number of hydrogen-bond donors (Lipinski definition) is 3. The van der Waals surface area contributed by atoms with E-state index in [0.29, 0.717) is 31.0 Å². The van der Waals surface area contributed by atoms with Crippen molar-refractivity contribution in [3.63, 3.8) is 0 Å². The average Bonchev–Trinajstić information content (AvgIpc) is 3.69. The molecule has 3 N–H and O–H groups in total. The number of rotatable bonds is 9. The molecule has 8 rings (SSSR count). The van der Waals surface area contributed by atoms with Crippen LogP contribution in [-0.4, -0.2) is 90.4 Å². The van der Waals surface area contributed by atoms with E-state index < -0.39 is 35.6 Å². The molecule has 3 aromatic heterocycles. The van der Waals surface area contributed by atoms with Crippen LogP contribution in [0.1, 0.15) is 69.4 Å². The van der Waals surface area contributed by atoms with Crippen LogP contribution >= 0.6 is 0 Å². The standard InChI is InChI=1S/C40H37N9O6/c1-3-33-45-36(32-21-47(22(2)50)16-17-48(32)33)25-7-4-6-23-18-30(44-20-27(23)25)24-10-11-29(43-19-24)37(52)42-15-14-41-28-9-5-8-26-35(28)40(55)49(39(26)54)31-12-13-34(51)46-38(31)53/h4-11,18-20,31,41H,3,12-17,21H2,1-2H3,(H,42,52)(H,46,51,53). The Morgan fingerprint density at radius 1 is 0.927 bits per heavy atom. The van der Waals surface area contributed by atoms with Crippen molar-refractivity contribution < 1.29 is 28.8 Å². The number of carbonyl (C=O) groups excluding carboxylic acids is 6. The molecule has 1 saturated heterocycles. The number of imidazole rings is 1. The molecule has 5 aromatic rings. The molecule has 15 nitrogen and oxygen atoms in total. The van der Waals surface area contributed by atoms with Gasteiger partial charge in [-0.15, -0.1) is 0 Å². The summed E-state index contributed by atoms with van der Waals surface area (Å²) < 4.78 is 2.23. The molecule has 0 radical (unpaired) electrons. The van der Waals surface area contributed by atoms with Gasteiger partial charge in [0, 0.05) is 80.5 Å². The predicted octanol–water partition coefficient (Wildman–Crippen LogP) is 3.33. The molecule has 15 heteroatoms. The minimum atomic E-state index is -1.06. The van der Waals surface area contributed by atoms with Crippen LogP contribution in [0.4, 0.5) is 5.69 Å². The van der Waals surface area contributed by atoms with Crippen LogP contribution < -0.4 is 16.0 Å². The number of nitrogens with one attached hydrogen (secondary N) is 3. The molecule has 278 valence electrons. The van der Waals surface area contributed by atoms with Gasteiger partial charge < -0.3 is 20.1 Å². The number of aryl methyl sites for hydroxylation is 1. The minimum Gasteiger partial charge on any atom is -0.383 e. The summed E-state index contributed by atoms with van der Waals surface area (Å²) in [6.45, 7) is 5.99. The number of piperidine rings is 1. The predicted molar refractivity (Wildman–Crippen MR) is 201 cm³/mol. The smallest absolute Gasteiger partial charge is 0.269 e. The summed E-state index contributed by atoms with van der Waals surface area (Å²) in [6.07, 6.45) is 4.32. The van der Waals surface area contributed by atoms with Crippen molar-refractivity contribution in [3.05, 3.63) is 95.3 Å². The molecule has 0 bridgehead atoms. The zero-order valence-electron chi connectivity index (χ0n) is 30.2. The highest BCUT2D eigenvalue weighted by Gasteiger charge is 2.45. The molecule has 0 spiro atoms. The van der Waals surface area contributed by atoms with Crippen molar-refractivity contribution in [2.24, 2.45) is 0 Å². The fourth-order valence-electron chi connectivity index (χ4n) is 7.54. The number of nitrogens with zero attached hydrogens (tertiary/aromatic N) is 6. The van der Waals surface area contributed by atoms with Crippen molar-refractivity contribution in [1.82, 2.24) is 40.0 Å². The first-order valence-electron chi connectivity index (χ1n) is 18.2. The molecule has 1 atom stereocenters. The largest absolute Gasteiger partial charge is 0.383 e. The lowest BCUT2D eigenvalue weighted by atomic mass is 10.0. The van der Waals surface area contributed by atoms with Crippen LogP contribution in [-0.2, 0) is 33.9 Å². The third-order valence-electron chi connectivity index (χ3n) is 10.4. The molecule has 3 aliphatic heterocycles. The molecule has 1 fully saturated rings. The Balaban J connectivity index is 0.918. The number of fused-ring (bicyclic) bond motifs is 3. The first kappa shape index (κ1) is 35.3. The van der Waals surface area contributed by atoms with Crippen molar-refractivity contribution in [3.8, 4) is 22.5 Å². The number of carbonyl (C=O) groups is 6. The summed E-state index contributed by atoms with van der Waals surface area (Å²) in [5.74, 6) is -1.67. The molecule has 3 aliphatic rings. The first-order chi connectivity index (χ1) is 26.6. The van der Waals surface area contributed by atoms with E-state index in [1.54, 1.807) is 37.4 Å². The van der Waals surface area contributed by atoms with Crippen LogP contribution in [0.2, 0.25) is 0 Å². The van der Waals surface area contributed by atoms with E-state index >= 15 is 0 Å². The topological polar surface area (TPSA) is 189 Å². The van der Waals surface area contributed by atoms with E-state index in [9.17, 15) is 28.8 Å². The number of imide groups is 2. The molecule has 1 unspecified atom stereocenters. The van der Waals surface area contributed by atoms with Gasteiger partial charge in [-0.05, 0) is 42.1 Å². The monoisotopic (exact) mass is 739 g/mol. The molecule has 6 amide bonds. The Kier molecular flexibility index (Phi) is 9.12. The Morgan fingerprint density at radius 2 is 1.75 bits per heavy atom. The van der Waals surface area contributed by atoms with Crippen LogP contribution in [0.25, 0.3) is 33.3 Å². The third kappa shape index (κ3) is 6.36. The zero-order valence-corrected chi connectivity index (χ0v) is 30.2. The summed E-state index contributed by atoms with van der Waals surface area (Å²) in [5, 5.41) is 10.0. The lowest BCUT2D eigenvalue weighted by Crippen LogP contribution is -2.54. The Morgan fingerprint density at radius 3 is 2.51 bits per heavy atom. The van der Waals surface area contributed by atoms with Crippen LogP contribution in [0.15, 0.2) is 67.0 Å². The Hall–Kier alpha value is -6.77. The second-order valence-electron chi connectivity index (χ2n) is 13.7. The molecule has 6 heterocycles. The van der Waals surface area contributed by atoms with E-state index in [4.69, 9.17) is 9.97 Å². The van der Waals surface area contributed by atoms with Gasteiger partial charge in [0.15, 0.2) is 0 Å². The molecular formula is C40H37N9O6. The zero-order chi connectivity index (χ0) is 38.4. The van der Waals surface area contributed by atoms with E-state index in [1.807, 2.05) is 35.4 Å². The van der Waals surface area contributed by atoms with Gasteiger partial charge in [0.05, 0.1) is 34.8 Å². The number of anilines is 1. The molecule has 2 aromatic carbocycles. The van der Waals surface area contributed by atoms with E-state index in [2.05, 4.69) is 32.4 Å². The highest BCUT2D eigenvalue weighted by Crippen LogP contribution is 2.35. The maximum Gasteiger partial charge on any atom is 0.269 e. The van der Waals surface area contributed by atoms with Crippen molar-refractivity contribution >= 4 is 51.9 Å². The molecule has 0 aliphatic carbocycles. The maximum absolute atomic E-state index is 13.3. The second kappa shape index (κ2) is 14.2. The van der Waals surface area contributed by atoms with E-state index in [1.165, 1.54) is 6.07 Å². The highest BCUT2D eigenvalue weighted by molar-refractivity contribution is 6.25. The van der Waals surface area contributed by atoms with E-state index in [-0.39, 0.29) is 48.7 Å². The number of benzene rings is 2. The van der Waals surface area contributed by atoms with Gasteiger partial charge in [0.2, 0.25) is 17.7 Å². The lowest BCUT2D eigenvalue weighted by Gasteiger charge is -2.28. The SMILES string of the molecule is CCc1nc(-c2cccc3cc(-c4ccc(C(=O)NCCNc5cccc6c5C(=O)N(C5CCC(=O)NC5=O)C6=O)nc4)ncc23)c2n1CCN(C(C)=O)C2. The van der Waals surface area contributed by atoms with Crippen molar-refractivity contribution in [1.29, 1.82) is 0 Å².